The van der Waals surface area contributed by atoms with Gasteiger partial charge in [0.15, 0.2) is 0 Å². The second-order valence-corrected chi connectivity index (χ2v) is 4.14. The van der Waals surface area contributed by atoms with Crippen LogP contribution >= 0.6 is 0 Å². The summed E-state index contributed by atoms with van der Waals surface area (Å²) >= 11 is 0. The average molecular weight is 171 g/mol. The normalized spacial score (nSPS) is 30.5. The Bertz CT molecular complexity index is 119. The number of rotatable bonds is 4. The minimum Gasteiger partial charge on any atom is -0.381 e. The third-order valence-corrected chi connectivity index (χ3v) is 2.50. The van der Waals surface area contributed by atoms with Crippen LogP contribution in [0.3, 0.4) is 0 Å². The van der Waals surface area contributed by atoms with E-state index in [1.807, 2.05) is 0 Å². The molecule has 0 saturated carbocycles. The molecule has 72 valence electrons. The molecule has 1 N–H and O–H groups in total. The van der Waals surface area contributed by atoms with E-state index in [0.29, 0.717) is 5.41 Å². The van der Waals surface area contributed by atoms with Gasteiger partial charge in [0.05, 0.1) is 6.61 Å². The van der Waals surface area contributed by atoms with Crippen molar-refractivity contribution in [2.45, 2.75) is 33.1 Å². The van der Waals surface area contributed by atoms with E-state index in [-0.39, 0.29) is 0 Å². The monoisotopic (exact) mass is 171 g/mol. The largest absolute Gasteiger partial charge is 0.381 e. The zero-order valence-corrected chi connectivity index (χ0v) is 8.36. The standard InChI is InChI=1S/C10H21NO/c1-3-6-11-8-10(2)5-4-7-12-9-10/h11H,3-9H2,1-2H3. The summed E-state index contributed by atoms with van der Waals surface area (Å²) < 4.78 is 5.48. The Balaban J connectivity index is 2.17. The van der Waals surface area contributed by atoms with Gasteiger partial charge >= 0.3 is 0 Å². The first-order chi connectivity index (χ1) is 5.77. The lowest BCUT2D eigenvalue weighted by molar-refractivity contribution is 0.00322. The van der Waals surface area contributed by atoms with Gasteiger partial charge in [0, 0.05) is 18.6 Å². The maximum absolute atomic E-state index is 5.48. The molecule has 0 aromatic heterocycles. The third kappa shape index (κ3) is 3.11. The second-order valence-electron chi connectivity index (χ2n) is 4.14. The summed E-state index contributed by atoms with van der Waals surface area (Å²) in [6.45, 7) is 8.66. The van der Waals surface area contributed by atoms with Gasteiger partial charge in [-0.25, -0.2) is 0 Å². The predicted molar refractivity (Wildman–Crippen MR) is 51.3 cm³/mol. The highest BCUT2D eigenvalue weighted by Gasteiger charge is 2.26. The lowest BCUT2D eigenvalue weighted by atomic mass is 9.85. The number of hydrogen-bond acceptors (Lipinski definition) is 2. The quantitative estimate of drug-likeness (QED) is 0.651. The van der Waals surface area contributed by atoms with Gasteiger partial charge in [-0.1, -0.05) is 13.8 Å². The van der Waals surface area contributed by atoms with Crippen molar-refractivity contribution in [2.75, 3.05) is 26.3 Å². The molecule has 1 aliphatic heterocycles. The van der Waals surface area contributed by atoms with Crippen molar-refractivity contribution >= 4 is 0 Å². The third-order valence-electron chi connectivity index (χ3n) is 2.50. The van der Waals surface area contributed by atoms with Crippen LogP contribution in [-0.2, 0) is 4.74 Å². The zero-order valence-electron chi connectivity index (χ0n) is 8.36. The van der Waals surface area contributed by atoms with Crippen LogP contribution in [0.4, 0.5) is 0 Å². The van der Waals surface area contributed by atoms with Gasteiger partial charge in [0.2, 0.25) is 0 Å². The molecule has 1 rings (SSSR count). The van der Waals surface area contributed by atoms with E-state index in [1.54, 1.807) is 0 Å². The fraction of sp³-hybridized carbons (Fsp3) is 1.00. The highest BCUT2D eigenvalue weighted by atomic mass is 16.5. The summed E-state index contributed by atoms with van der Waals surface area (Å²) in [5, 5.41) is 3.47. The first-order valence-electron chi connectivity index (χ1n) is 5.05. The van der Waals surface area contributed by atoms with Crippen molar-refractivity contribution < 1.29 is 4.74 Å². The van der Waals surface area contributed by atoms with E-state index >= 15 is 0 Å². The molecule has 1 fully saturated rings. The van der Waals surface area contributed by atoms with Gasteiger partial charge < -0.3 is 10.1 Å². The molecule has 0 radical (unpaired) electrons. The Morgan fingerprint density at radius 2 is 2.33 bits per heavy atom. The van der Waals surface area contributed by atoms with Crippen molar-refractivity contribution in [2.24, 2.45) is 5.41 Å². The Morgan fingerprint density at radius 3 is 2.92 bits per heavy atom. The van der Waals surface area contributed by atoms with Gasteiger partial charge in [-0.15, -0.1) is 0 Å². The summed E-state index contributed by atoms with van der Waals surface area (Å²) in [5.41, 5.74) is 0.396. The van der Waals surface area contributed by atoms with Gasteiger partial charge in [-0.3, -0.25) is 0 Å². The summed E-state index contributed by atoms with van der Waals surface area (Å²) in [5.74, 6) is 0. The molecular formula is C10H21NO. The maximum atomic E-state index is 5.48. The molecule has 1 unspecified atom stereocenters. The molecule has 0 aromatic rings. The minimum absolute atomic E-state index is 0.396. The summed E-state index contributed by atoms with van der Waals surface area (Å²) in [6, 6.07) is 0. The summed E-state index contributed by atoms with van der Waals surface area (Å²) in [7, 11) is 0. The molecule has 0 aliphatic carbocycles. The fourth-order valence-corrected chi connectivity index (χ4v) is 1.70. The van der Waals surface area contributed by atoms with Crippen LogP contribution in [-0.4, -0.2) is 26.3 Å². The van der Waals surface area contributed by atoms with Crippen LogP contribution < -0.4 is 5.32 Å². The molecule has 12 heavy (non-hydrogen) atoms. The highest BCUT2D eigenvalue weighted by molar-refractivity contribution is 4.79. The van der Waals surface area contributed by atoms with Crippen molar-refractivity contribution in [3.05, 3.63) is 0 Å². The Morgan fingerprint density at radius 1 is 1.50 bits per heavy atom. The molecule has 2 heteroatoms. The van der Waals surface area contributed by atoms with Crippen molar-refractivity contribution in [3.8, 4) is 0 Å². The molecule has 0 amide bonds. The number of nitrogens with one attached hydrogen (secondary N) is 1. The molecule has 2 nitrogen and oxygen atoms in total. The highest BCUT2D eigenvalue weighted by Crippen LogP contribution is 2.26. The molecule has 0 bridgehead atoms. The first kappa shape index (κ1) is 10.0. The Hall–Kier alpha value is -0.0800. The lowest BCUT2D eigenvalue weighted by Crippen LogP contribution is -2.38. The zero-order chi connectivity index (χ0) is 8.86. The van der Waals surface area contributed by atoms with E-state index in [0.717, 1.165) is 26.3 Å². The molecule has 1 atom stereocenters. The van der Waals surface area contributed by atoms with Crippen molar-refractivity contribution in [3.63, 3.8) is 0 Å². The molecule has 0 aromatic carbocycles. The van der Waals surface area contributed by atoms with E-state index in [2.05, 4.69) is 19.2 Å². The van der Waals surface area contributed by atoms with Crippen LogP contribution in [0.5, 0.6) is 0 Å². The number of hydrogen-bond donors (Lipinski definition) is 1. The van der Waals surface area contributed by atoms with E-state index < -0.39 is 0 Å². The fourth-order valence-electron chi connectivity index (χ4n) is 1.70. The topological polar surface area (TPSA) is 21.3 Å². The van der Waals surface area contributed by atoms with Crippen molar-refractivity contribution in [1.82, 2.24) is 5.32 Å². The van der Waals surface area contributed by atoms with Crippen LogP contribution in [0, 0.1) is 5.41 Å². The van der Waals surface area contributed by atoms with E-state index in [9.17, 15) is 0 Å². The first-order valence-corrected chi connectivity index (χ1v) is 5.05. The average Bonchev–Trinajstić information content (AvgIpc) is 2.06. The molecule has 1 heterocycles. The van der Waals surface area contributed by atoms with Gasteiger partial charge in [-0.2, -0.15) is 0 Å². The lowest BCUT2D eigenvalue weighted by Gasteiger charge is -2.33. The molecule has 1 saturated heterocycles. The predicted octanol–water partition coefficient (Wildman–Crippen LogP) is 1.80. The van der Waals surface area contributed by atoms with Crippen molar-refractivity contribution in [1.29, 1.82) is 0 Å². The van der Waals surface area contributed by atoms with Gasteiger partial charge in [0.25, 0.3) is 0 Å². The Kier molecular flexibility index (Phi) is 4.02. The summed E-state index contributed by atoms with van der Waals surface area (Å²) in [6.07, 6.45) is 3.75. The maximum Gasteiger partial charge on any atom is 0.0531 e. The van der Waals surface area contributed by atoms with Crippen LogP contribution in [0.15, 0.2) is 0 Å². The van der Waals surface area contributed by atoms with Crippen LogP contribution in [0.1, 0.15) is 33.1 Å². The number of ether oxygens (including phenoxy) is 1. The Labute approximate surface area is 75.7 Å². The minimum atomic E-state index is 0.396. The molecular weight excluding hydrogens is 150 g/mol. The second kappa shape index (κ2) is 4.83. The summed E-state index contributed by atoms with van der Waals surface area (Å²) in [4.78, 5) is 0. The van der Waals surface area contributed by atoms with Gasteiger partial charge in [0.1, 0.15) is 0 Å². The van der Waals surface area contributed by atoms with Crippen LogP contribution in [0.2, 0.25) is 0 Å². The van der Waals surface area contributed by atoms with Crippen LogP contribution in [0.25, 0.3) is 0 Å². The molecule has 1 aliphatic rings. The smallest absolute Gasteiger partial charge is 0.0531 e. The molecule has 0 spiro atoms. The SMILES string of the molecule is CCCNCC1(C)CCCOC1. The van der Waals surface area contributed by atoms with Gasteiger partial charge in [-0.05, 0) is 25.8 Å². The van der Waals surface area contributed by atoms with E-state index in [1.165, 1.54) is 19.3 Å². The van der Waals surface area contributed by atoms with E-state index in [4.69, 9.17) is 4.74 Å².